The van der Waals surface area contributed by atoms with E-state index in [9.17, 15) is 14.4 Å². The molecule has 1 aliphatic rings. The van der Waals surface area contributed by atoms with Gasteiger partial charge in [0.25, 0.3) is 11.8 Å². The highest BCUT2D eigenvalue weighted by Gasteiger charge is 2.35. The molecule has 2 amide bonds. The van der Waals surface area contributed by atoms with Crippen LogP contribution in [-0.2, 0) is 6.42 Å². The molecule has 1 aliphatic carbocycles. The fraction of sp³-hybridized carbons (Fsp3) is 0.353. The molecule has 3 rings (SSSR count). The van der Waals surface area contributed by atoms with Crippen molar-refractivity contribution in [2.75, 3.05) is 0 Å². The van der Waals surface area contributed by atoms with Crippen LogP contribution < -0.4 is 10.9 Å². The molecular formula is C17H19BrN4O3. The number of aromatic nitrogens is 2. The molecule has 2 heterocycles. The first-order chi connectivity index (χ1) is 11.7. The van der Waals surface area contributed by atoms with Gasteiger partial charge >= 0.3 is 0 Å². The van der Waals surface area contributed by atoms with Gasteiger partial charge in [-0.15, -0.1) is 0 Å². The van der Waals surface area contributed by atoms with Gasteiger partial charge in [-0.2, -0.15) is 0 Å². The summed E-state index contributed by atoms with van der Waals surface area (Å²) in [6.45, 7) is 5.79. The van der Waals surface area contributed by atoms with Crippen LogP contribution in [0.5, 0.6) is 0 Å². The second-order valence-electron chi connectivity index (χ2n) is 7.06. The van der Waals surface area contributed by atoms with Gasteiger partial charge in [-0.1, -0.05) is 13.8 Å². The maximum Gasteiger partial charge on any atom is 0.286 e. The van der Waals surface area contributed by atoms with Crippen molar-refractivity contribution in [1.29, 1.82) is 0 Å². The van der Waals surface area contributed by atoms with Crippen LogP contribution >= 0.6 is 15.9 Å². The van der Waals surface area contributed by atoms with Crippen molar-refractivity contribution in [2.24, 2.45) is 5.41 Å². The van der Waals surface area contributed by atoms with Gasteiger partial charge in [0.1, 0.15) is 11.4 Å². The van der Waals surface area contributed by atoms with Crippen LogP contribution in [0.1, 0.15) is 62.9 Å². The summed E-state index contributed by atoms with van der Waals surface area (Å²) < 4.78 is 0.734. The molecule has 0 radical (unpaired) electrons. The zero-order valence-corrected chi connectivity index (χ0v) is 15.8. The average Bonchev–Trinajstić information content (AvgIpc) is 3.07. The molecule has 2 aromatic heterocycles. The van der Waals surface area contributed by atoms with Crippen LogP contribution in [0.4, 0.5) is 0 Å². The SMILES string of the molecule is Cc1c(C(=O)NNC(=O)c2cc(Br)c[nH]2)[nH]c2c1C(=O)CC(C)(C)C2. The quantitative estimate of drug-likeness (QED) is 0.575. The zero-order chi connectivity index (χ0) is 18.4. The Kier molecular flexibility index (Phi) is 4.32. The molecule has 0 saturated heterocycles. The third kappa shape index (κ3) is 3.39. The van der Waals surface area contributed by atoms with E-state index in [1.54, 1.807) is 19.2 Å². The summed E-state index contributed by atoms with van der Waals surface area (Å²) in [5.74, 6) is -0.916. The number of fused-ring (bicyclic) bond motifs is 1. The number of halogens is 1. The number of amides is 2. The molecule has 0 bridgehead atoms. The number of ketones is 1. The Labute approximate surface area is 153 Å². The Bertz CT molecular complexity index is 879. The highest BCUT2D eigenvalue weighted by Crippen LogP contribution is 2.36. The van der Waals surface area contributed by atoms with Crippen LogP contribution in [0.3, 0.4) is 0 Å². The summed E-state index contributed by atoms with van der Waals surface area (Å²) in [5.41, 5.74) is 7.20. The smallest absolute Gasteiger partial charge is 0.286 e. The van der Waals surface area contributed by atoms with Crippen molar-refractivity contribution in [1.82, 2.24) is 20.8 Å². The number of hydrazine groups is 1. The van der Waals surface area contributed by atoms with Crippen molar-refractivity contribution in [3.63, 3.8) is 0 Å². The van der Waals surface area contributed by atoms with Crippen molar-refractivity contribution < 1.29 is 14.4 Å². The van der Waals surface area contributed by atoms with Crippen molar-refractivity contribution in [2.45, 2.75) is 33.6 Å². The number of hydrogen-bond donors (Lipinski definition) is 4. The first-order valence-electron chi connectivity index (χ1n) is 7.87. The molecule has 25 heavy (non-hydrogen) atoms. The molecule has 0 aromatic carbocycles. The monoisotopic (exact) mass is 406 g/mol. The first kappa shape index (κ1) is 17.5. The molecule has 0 saturated carbocycles. The molecule has 0 atom stereocenters. The molecule has 7 nitrogen and oxygen atoms in total. The van der Waals surface area contributed by atoms with Gasteiger partial charge in [-0.25, -0.2) is 0 Å². The van der Waals surface area contributed by atoms with Crippen LogP contribution in [0.25, 0.3) is 0 Å². The summed E-state index contributed by atoms with van der Waals surface area (Å²) in [6, 6.07) is 1.60. The van der Waals surface area contributed by atoms with E-state index in [1.165, 1.54) is 0 Å². The largest absolute Gasteiger partial charge is 0.356 e. The molecule has 0 aliphatic heterocycles. The maximum atomic E-state index is 12.4. The normalized spacial score (nSPS) is 15.6. The van der Waals surface area contributed by atoms with Gasteiger partial charge in [-0.3, -0.25) is 25.2 Å². The van der Waals surface area contributed by atoms with E-state index in [1.807, 2.05) is 13.8 Å². The maximum absolute atomic E-state index is 12.4. The molecule has 4 N–H and O–H groups in total. The number of rotatable bonds is 2. The second-order valence-corrected chi connectivity index (χ2v) is 7.97. The van der Waals surface area contributed by atoms with E-state index >= 15 is 0 Å². The van der Waals surface area contributed by atoms with E-state index in [0.717, 1.165) is 10.2 Å². The average molecular weight is 407 g/mol. The number of aromatic amines is 2. The molecule has 0 spiro atoms. The minimum absolute atomic E-state index is 0.0410. The van der Waals surface area contributed by atoms with Gasteiger partial charge in [0.15, 0.2) is 5.78 Å². The fourth-order valence-electron chi connectivity index (χ4n) is 3.20. The van der Waals surface area contributed by atoms with Gasteiger partial charge in [0.2, 0.25) is 0 Å². The standard InChI is InChI=1S/C17H19BrN4O3/c1-8-13-11(5-17(2,3)6-12(13)23)20-14(8)16(25)22-21-15(24)10-4-9(18)7-19-10/h4,7,19-20H,5-6H2,1-3H3,(H,21,24)(H,22,25). The first-order valence-corrected chi connectivity index (χ1v) is 8.66. The summed E-state index contributed by atoms with van der Waals surface area (Å²) in [5, 5.41) is 0. The van der Waals surface area contributed by atoms with Gasteiger partial charge < -0.3 is 9.97 Å². The number of H-pyrrole nitrogens is 2. The zero-order valence-electron chi connectivity index (χ0n) is 14.2. The number of hydrogen-bond acceptors (Lipinski definition) is 3. The predicted molar refractivity (Wildman–Crippen MR) is 95.4 cm³/mol. The predicted octanol–water partition coefficient (Wildman–Crippen LogP) is 2.64. The van der Waals surface area contributed by atoms with Crippen LogP contribution in [-0.4, -0.2) is 27.6 Å². The van der Waals surface area contributed by atoms with E-state index in [-0.39, 0.29) is 11.2 Å². The lowest BCUT2D eigenvalue weighted by Gasteiger charge is -2.28. The fourth-order valence-corrected chi connectivity index (χ4v) is 3.55. The third-order valence-corrected chi connectivity index (χ3v) is 4.77. The van der Waals surface area contributed by atoms with Crippen molar-refractivity contribution in [3.05, 3.63) is 44.9 Å². The van der Waals surface area contributed by atoms with Crippen molar-refractivity contribution in [3.8, 4) is 0 Å². The van der Waals surface area contributed by atoms with E-state index in [2.05, 4.69) is 36.7 Å². The molecule has 8 heteroatoms. The third-order valence-electron chi connectivity index (χ3n) is 4.31. The second kappa shape index (κ2) is 6.18. The van der Waals surface area contributed by atoms with Gasteiger partial charge in [0, 0.05) is 28.3 Å². The summed E-state index contributed by atoms with van der Waals surface area (Å²) in [7, 11) is 0. The Morgan fingerprint density at radius 3 is 2.52 bits per heavy atom. The van der Waals surface area contributed by atoms with Crippen molar-refractivity contribution >= 4 is 33.5 Å². The van der Waals surface area contributed by atoms with E-state index in [0.29, 0.717) is 35.4 Å². The highest BCUT2D eigenvalue weighted by molar-refractivity contribution is 9.10. The number of nitrogens with one attached hydrogen (secondary N) is 4. The Balaban J connectivity index is 1.75. The van der Waals surface area contributed by atoms with Crippen LogP contribution in [0, 0.1) is 12.3 Å². The number of carbonyl (C=O) groups excluding carboxylic acids is 3. The lowest BCUT2D eigenvalue weighted by molar-refractivity contribution is 0.0841. The molecular weight excluding hydrogens is 388 g/mol. The molecule has 0 unspecified atom stereocenters. The number of carbonyl (C=O) groups is 3. The molecule has 2 aromatic rings. The van der Waals surface area contributed by atoms with Gasteiger partial charge in [0.05, 0.1) is 0 Å². The highest BCUT2D eigenvalue weighted by atomic mass is 79.9. The molecule has 132 valence electrons. The summed E-state index contributed by atoms with van der Waals surface area (Å²) in [4.78, 5) is 42.6. The lowest BCUT2D eigenvalue weighted by atomic mass is 9.75. The lowest BCUT2D eigenvalue weighted by Crippen LogP contribution is -2.42. The van der Waals surface area contributed by atoms with E-state index < -0.39 is 11.8 Å². The Morgan fingerprint density at radius 1 is 1.20 bits per heavy atom. The van der Waals surface area contributed by atoms with E-state index in [4.69, 9.17) is 0 Å². The Morgan fingerprint density at radius 2 is 1.88 bits per heavy atom. The number of Topliss-reactive ketones (excluding diaryl/α,β-unsaturated/α-hetero) is 1. The van der Waals surface area contributed by atoms with Crippen LogP contribution in [0.2, 0.25) is 0 Å². The van der Waals surface area contributed by atoms with Crippen LogP contribution in [0.15, 0.2) is 16.7 Å². The topological polar surface area (TPSA) is 107 Å². The minimum atomic E-state index is -0.489. The Hall–Kier alpha value is -2.35. The van der Waals surface area contributed by atoms with Gasteiger partial charge in [-0.05, 0) is 46.3 Å². The summed E-state index contributed by atoms with van der Waals surface area (Å²) >= 11 is 3.24. The molecule has 0 fully saturated rings. The minimum Gasteiger partial charge on any atom is -0.356 e. The summed E-state index contributed by atoms with van der Waals surface area (Å²) in [6.07, 6.45) is 2.77.